The molecule has 110 valence electrons. The van der Waals surface area contributed by atoms with E-state index in [4.69, 9.17) is 17.5 Å². The molecule has 0 atom stereocenters. The lowest BCUT2D eigenvalue weighted by Crippen LogP contribution is -2.14. The molecule has 0 unspecified atom stereocenters. The van der Waals surface area contributed by atoms with E-state index in [9.17, 15) is 4.39 Å². The predicted octanol–water partition coefficient (Wildman–Crippen LogP) is 3.19. The van der Waals surface area contributed by atoms with Gasteiger partial charge in [0.2, 0.25) is 0 Å². The number of hydrogen-bond acceptors (Lipinski definition) is 4. The first kappa shape index (κ1) is 15.2. The Balaban J connectivity index is 2.10. The molecule has 0 fully saturated rings. The number of nitrogens with one attached hydrogen (secondary N) is 2. The second-order valence-corrected chi connectivity index (χ2v) is 5.28. The number of aromatic amines is 1. The number of nitrogens with zero attached hydrogens (tertiary/aromatic N) is 3. The topological polar surface area (TPSA) is 69.4 Å². The van der Waals surface area contributed by atoms with Gasteiger partial charge in [-0.3, -0.25) is 5.10 Å². The maximum atomic E-state index is 13.5. The van der Waals surface area contributed by atoms with Gasteiger partial charge in [0.15, 0.2) is 4.77 Å². The zero-order valence-electron chi connectivity index (χ0n) is 11.9. The number of nitriles is 1. The molecule has 0 aliphatic heterocycles. The summed E-state index contributed by atoms with van der Waals surface area (Å²) in [4.78, 5) is 0. The van der Waals surface area contributed by atoms with E-state index in [1.54, 1.807) is 12.1 Å². The van der Waals surface area contributed by atoms with Crippen molar-refractivity contribution in [2.75, 3.05) is 11.9 Å². The third-order valence-electron chi connectivity index (χ3n) is 3.08. The summed E-state index contributed by atoms with van der Waals surface area (Å²) in [5.74, 6) is 0.605. The quantitative estimate of drug-likeness (QED) is 0.832. The Bertz CT molecular complexity index is 726. The van der Waals surface area contributed by atoms with Crippen molar-refractivity contribution in [1.29, 1.82) is 5.26 Å². The molecule has 0 radical (unpaired) electrons. The number of benzene rings is 1. The van der Waals surface area contributed by atoms with E-state index in [-0.39, 0.29) is 11.5 Å². The van der Waals surface area contributed by atoms with Crippen LogP contribution in [0.2, 0.25) is 0 Å². The van der Waals surface area contributed by atoms with E-state index in [1.165, 1.54) is 6.07 Å². The Hall–Kier alpha value is -2.20. The van der Waals surface area contributed by atoms with Gasteiger partial charge in [0.05, 0.1) is 5.69 Å². The summed E-state index contributed by atoms with van der Waals surface area (Å²) in [6, 6.07) is 6.39. The maximum Gasteiger partial charge on any atom is 0.195 e. The van der Waals surface area contributed by atoms with Crippen LogP contribution in [0, 0.1) is 21.9 Å². The number of hydrogen-bond donors (Lipinski definition) is 2. The fourth-order valence-electron chi connectivity index (χ4n) is 2.07. The van der Waals surface area contributed by atoms with Crippen molar-refractivity contribution in [3.05, 3.63) is 40.2 Å². The summed E-state index contributed by atoms with van der Waals surface area (Å²) in [6.45, 7) is 5.18. The van der Waals surface area contributed by atoms with Crippen molar-refractivity contribution in [3.8, 4) is 6.07 Å². The van der Waals surface area contributed by atoms with Gasteiger partial charge in [-0.25, -0.2) is 4.39 Å². The van der Waals surface area contributed by atoms with Gasteiger partial charge in [-0.1, -0.05) is 19.9 Å². The van der Waals surface area contributed by atoms with Gasteiger partial charge in [-0.05, 0) is 24.4 Å². The number of aromatic nitrogens is 3. The van der Waals surface area contributed by atoms with Crippen LogP contribution >= 0.6 is 12.2 Å². The molecule has 1 heterocycles. The van der Waals surface area contributed by atoms with Gasteiger partial charge < -0.3 is 9.88 Å². The Morgan fingerprint density at radius 2 is 2.29 bits per heavy atom. The van der Waals surface area contributed by atoms with Crippen molar-refractivity contribution < 1.29 is 4.39 Å². The van der Waals surface area contributed by atoms with E-state index in [1.807, 2.05) is 24.5 Å². The normalized spacial score (nSPS) is 10.6. The smallest absolute Gasteiger partial charge is 0.195 e. The highest BCUT2D eigenvalue weighted by Gasteiger charge is 2.10. The summed E-state index contributed by atoms with van der Waals surface area (Å²) in [6.07, 6.45) is 0. The molecule has 0 spiro atoms. The minimum atomic E-state index is -0.523. The second-order valence-electron chi connectivity index (χ2n) is 4.89. The van der Waals surface area contributed by atoms with Crippen molar-refractivity contribution in [3.63, 3.8) is 0 Å². The zero-order valence-corrected chi connectivity index (χ0v) is 12.7. The molecular weight excluding hydrogens is 289 g/mol. The highest BCUT2D eigenvalue weighted by Crippen LogP contribution is 2.18. The lowest BCUT2D eigenvalue weighted by molar-refractivity contribution is 0.621. The van der Waals surface area contributed by atoms with Crippen LogP contribution in [0.4, 0.5) is 10.1 Å². The first-order chi connectivity index (χ1) is 10.0. The van der Waals surface area contributed by atoms with Crippen LogP contribution in [0.1, 0.15) is 31.2 Å². The highest BCUT2D eigenvalue weighted by atomic mass is 32.1. The van der Waals surface area contributed by atoms with E-state index in [2.05, 4.69) is 15.5 Å². The molecule has 0 aliphatic carbocycles. The van der Waals surface area contributed by atoms with Gasteiger partial charge >= 0.3 is 0 Å². The number of H-pyrrole nitrogens is 1. The molecule has 0 aliphatic rings. The summed E-state index contributed by atoms with van der Waals surface area (Å²) in [7, 11) is 0. The largest absolute Gasteiger partial charge is 0.382 e. The van der Waals surface area contributed by atoms with Gasteiger partial charge in [0.1, 0.15) is 23.3 Å². The van der Waals surface area contributed by atoms with Crippen molar-refractivity contribution in [1.82, 2.24) is 14.8 Å². The Morgan fingerprint density at radius 1 is 1.52 bits per heavy atom. The Labute approximate surface area is 127 Å². The van der Waals surface area contributed by atoms with E-state index < -0.39 is 5.82 Å². The fourth-order valence-corrected chi connectivity index (χ4v) is 2.30. The van der Waals surface area contributed by atoms with Crippen LogP contribution in [0.5, 0.6) is 0 Å². The molecule has 1 aromatic heterocycles. The van der Waals surface area contributed by atoms with Gasteiger partial charge in [-0.2, -0.15) is 10.4 Å². The molecule has 2 rings (SSSR count). The lowest BCUT2D eigenvalue weighted by atomic mass is 10.2. The third kappa shape index (κ3) is 3.28. The highest BCUT2D eigenvalue weighted by molar-refractivity contribution is 7.71. The molecule has 7 heteroatoms. The molecule has 2 N–H and O–H groups in total. The molecule has 2 aromatic rings. The summed E-state index contributed by atoms with van der Waals surface area (Å²) >= 11 is 5.20. The molecular formula is C14H16FN5S. The minimum Gasteiger partial charge on any atom is -0.382 e. The van der Waals surface area contributed by atoms with Crippen molar-refractivity contribution in [2.24, 2.45) is 0 Å². The zero-order chi connectivity index (χ0) is 15.4. The van der Waals surface area contributed by atoms with E-state index in [0.717, 1.165) is 5.82 Å². The second kappa shape index (κ2) is 6.50. The first-order valence-corrected chi connectivity index (χ1v) is 7.03. The van der Waals surface area contributed by atoms with Crippen LogP contribution in [-0.2, 0) is 6.54 Å². The molecule has 0 amide bonds. The summed E-state index contributed by atoms with van der Waals surface area (Å²) < 4.78 is 15.9. The third-order valence-corrected chi connectivity index (χ3v) is 3.39. The predicted molar refractivity (Wildman–Crippen MR) is 81.1 cm³/mol. The molecule has 0 bridgehead atoms. The van der Waals surface area contributed by atoms with Gasteiger partial charge in [0, 0.05) is 19.0 Å². The Kier molecular flexibility index (Phi) is 4.70. The number of halogens is 1. The van der Waals surface area contributed by atoms with Crippen LogP contribution in [0.25, 0.3) is 0 Å². The SMILES string of the molecule is CC(C)c1n[nH]c(=S)n1CCNc1cccc(F)c1C#N. The minimum absolute atomic E-state index is 0.0253. The maximum absolute atomic E-state index is 13.5. The molecule has 5 nitrogen and oxygen atoms in total. The molecule has 0 saturated carbocycles. The standard InChI is InChI=1S/C14H16FN5S/c1-9(2)13-18-19-14(21)20(13)7-6-17-12-5-3-4-11(15)10(12)8-16/h3-5,9,17H,6-7H2,1-2H3,(H,19,21). The van der Waals surface area contributed by atoms with Crippen molar-refractivity contribution >= 4 is 17.9 Å². The number of rotatable bonds is 5. The molecule has 0 saturated heterocycles. The molecule has 21 heavy (non-hydrogen) atoms. The van der Waals surface area contributed by atoms with Crippen molar-refractivity contribution in [2.45, 2.75) is 26.3 Å². The summed E-state index contributed by atoms with van der Waals surface area (Å²) in [5, 5.41) is 19.0. The van der Waals surface area contributed by atoms with Gasteiger partial charge in [-0.15, -0.1) is 0 Å². The van der Waals surface area contributed by atoms with Crippen LogP contribution in [0.15, 0.2) is 18.2 Å². The fraction of sp³-hybridized carbons (Fsp3) is 0.357. The average Bonchev–Trinajstić information content (AvgIpc) is 2.81. The average molecular weight is 305 g/mol. The van der Waals surface area contributed by atoms with Crippen LogP contribution in [-0.4, -0.2) is 21.3 Å². The molecule has 1 aromatic carbocycles. The monoisotopic (exact) mass is 305 g/mol. The van der Waals surface area contributed by atoms with E-state index in [0.29, 0.717) is 23.5 Å². The summed E-state index contributed by atoms with van der Waals surface area (Å²) in [5.41, 5.74) is 0.510. The van der Waals surface area contributed by atoms with E-state index >= 15 is 0 Å². The van der Waals surface area contributed by atoms with Gasteiger partial charge in [0.25, 0.3) is 0 Å². The first-order valence-electron chi connectivity index (χ1n) is 6.62. The lowest BCUT2D eigenvalue weighted by Gasteiger charge is -2.11. The van der Waals surface area contributed by atoms with Crippen LogP contribution < -0.4 is 5.32 Å². The number of anilines is 1. The van der Waals surface area contributed by atoms with Crippen LogP contribution in [0.3, 0.4) is 0 Å². The Morgan fingerprint density at radius 3 is 2.95 bits per heavy atom.